The first-order valence-electron chi connectivity index (χ1n) is 9.82. The van der Waals surface area contributed by atoms with Crippen LogP contribution in [0.3, 0.4) is 0 Å². The summed E-state index contributed by atoms with van der Waals surface area (Å²) in [5.41, 5.74) is 2.88. The smallest absolute Gasteiger partial charge is 0.229 e. The summed E-state index contributed by atoms with van der Waals surface area (Å²) in [5, 5.41) is 6.51. The van der Waals surface area contributed by atoms with E-state index in [0.29, 0.717) is 29.5 Å². The lowest BCUT2D eigenvalue weighted by atomic mass is 9.87. The Balaban J connectivity index is 1.74. The average Bonchev–Trinajstić information content (AvgIpc) is 2.74. The van der Waals surface area contributed by atoms with Gasteiger partial charge in [0.2, 0.25) is 5.95 Å². The van der Waals surface area contributed by atoms with Crippen molar-refractivity contribution < 1.29 is 14.3 Å². The molecule has 2 aromatic carbocycles. The molecule has 0 bridgehead atoms. The molecule has 0 radical (unpaired) electrons. The predicted molar refractivity (Wildman–Crippen MR) is 116 cm³/mol. The van der Waals surface area contributed by atoms with Crippen molar-refractivity contribution in [2.45, 2.75) is 19.8 Å². The van der Waals surface area contributed by atoms with Crippen molar-refractivity contribution in [1.82, 2.24) is 9.97 Å². The summed E-state index contributed by atoms with van der Waals surface area (Å²) in [5.74, 6) is 2.66. The second-order valence-electron chi connectivity index (χ2n) is 7.33. The standard InChI is InChI=1S/C23H24N4O3/c1-14-12-18-21(19(28)13-14)22(24-15-8-10-16(29-2)11-9-15)27-23(26-18)25-17-6-4-5-7-20(17)30-3/h4-11,14H,12-13H2,1-3H3,(H2,24,25,26,27). The number of rotatable bonds is 6. The Bertz CT molecular complexity index is 1070. The predicted octanol–water partition coefficient (Wildman–Crippen LogP) is 4.75. The number of hydrogen-bond donors (Lipinski definition) is 2. The number of anilines is 4. The minimum Gasteiger partial charge on any atom is -0.497 e. The van der Waals surface area contributed by atoms with Crippen molar-refractivity contribution in [3.8, 4) is 11.5 Å². The molecule has 4 rings (SSSR count). The fourth-order valence-electron chi connectivity index (χ4n) is 3.59. The molecule has 0 saturated heterocycles. The summed E-state index contributed by atoms with van der Waals surface area (Å²) in [4.78, 5) is 22.1. The van der Waals surface area contributed by atoms with Crippen LogP contribution in [0.25, 0.3) is 0 Å². The van der Waals surface area contributed by atoms with Crippen molar-refractivity contribution in [1.29, 1.82) is 0 Å². The first kappa shape index (κ1) is 19.7. The van der Waals surface area contributed by atoms with Gasteiger partial charge >= 0.3 is 0 Å². The van der Waals surface area contributed by atoms with E-state index < -0.39 is 0 Å². The zero-order valence-corrected chi connectivity index (χ0v) is 17.2. The number of Topliss-reactive ketones (excluding diaryl/α,β-unsaturated/α-hetero) is 1. The third-order valence-electron chi connectivity index (χ3n) is 5.04. The molecule has 1 aliphatic carbocycles. The van der Waals surface area contributed by atoms with Crippen LogP contribution in [0.4, 0.5) is 23.1 Å². The normalized spacial score (nSPS) is 15.3. The van der Waals surface area contributed by atoms with E-state index in [2.05, 4.69) is 27.5 Å². The van der Waals surface area contributed by atoms with Gasteiger partial charge in [-0.3, -0.25) is 4.79 Å². The lowest BCUT2D eigenvalue weighted by Gasteiger charge is -2.23. The fourth-order valence-corrected chi connectivity index (χ4v) is 3.59. The average molecular weight is 404 g/mol. The van der Waals surface area contributed by atoms with Crippen LogP contribution in [0.2, 0.25) is 0 Å². The second kappa shape index (κ2) is 8.41. The Hall–Kier alpha value is -3.61. The molecule has 1 aliphatic rings. The number of ether oxygens (including phenoxy) is 2. The molecule has 0 aliphatic heterocycles. The van der Waals surface area contributed by atoms with Gasteiger partial charge in [0, 0.05) is 12.1 Å². The van der Waals surface area contributed by atoms with Crippen LogP contribution in [0.5, 0.6) is 11.5 Å². The van der Waals surface area contributed by atoms with Gasteiger partial charge in [0.05, 0.1) is 31.2 Å². The molecule has 1 heterocycles. The minimum absolute atomic E-state index is 0.0589. The topological polar surface area (TPSA) is 85.4 Å². The summed E-state index contributed by atoms with van der Waals surface area (Å²) in [6.45, 7) is 2.06. The van der Waals surface area contributed by atoms with Crippen LogP contribution in [0.1, 0.15) is 29.4 Å². The third-order valence-corrected chi connectivity index (χ3v) is 5.04. The highest BCUT2D eigenvalue weighted by molar-refractivity contribution is 6.03. The molecule has 2 N–H and O–H groups in total. The molecule has 154 valence electrons. The molecule has 3 aromatic rings. The number of hydrogen-bond acceptors (Lipinski definition) is 7. The van der Waals surface area contributed by atoms with Crippen LogP contribution in [-0.2, 0) is 6.42 Å². The molecular weight excluding hydrogens is 380 g/mol. The van der Waals surface area contributed by atoms with E-state index in [1.54, 1.807) is 14.2 Å². The zero-order valence-electron chi connectivity index (χ0n) is 17.2. The number of ketones is 1. The van der Waals surface area contributed by atoms with Crippen LogP contribution < -0.4 is 20.1 Å². The van der Waals surface area contributed by atoms with Gasteiger partial charge in [-0.15, -0.1) is 0 Å². The van der Waals surface area contributed by atoms with Gasteiger partial charge in [-0.05, 0) is 48.7 Å². The maximum absolute atomic E-state index is 12.8. The summed E-state index contributed by atoms with van der Waals surface area (Å²) >= 11 is 0. The Kier molecular flexibility index (Phi) is 5.52. The molecule has 7 heteroatoms. The summed E-state index contributed by atoms with van der Waals surface area (Å²) < 4.78 is 10.6. The van der Waals surface area contributed by atoms with Gasteiger partial charge in [-0.2, -0.15) is 4.98 Å². The Morgan fingerprint density at radius 2 is 1.70 bits per heavy atom. The maximum atomic E-state index is 12.8. The number of aromatic nitrogens is 2. The van der Waals surface area contributed by atoms with Crippen molar-refractivity contribution >= 4 is 28.9 Å². The monoisotopic (exact) mass is 404 g/mol. The molecular formula is C23H24N4O3. The van der Waals surface area contributed by atoms with E-state index in [1.807, 2.05) is 48.5 Å². The minimum atomic E-state index is 0.0589. The third kappa shape index (κ3) is 4.05. The Morgan fingerprint density at radius 1 is 0.933 bits per heavy atom. The van der Waals surface area contributed by atoms with Crippen molar-refractivity contribution in [3.05, 3.63) is 59.8 Å². The van der Waals surface area contributed by atoms with Crippen LogP contribution >= 0.6 is 0 Å². The van der Waals surface area contributed by atoms with Gasteiger partial charge in [0.15, 0.2) is 5.78 Å². The van der Waals surface area contributed by atoms with Gasteiger partial charge in [0.25, 0.3) is 0 Å². The number of para-hydroxylation sites is 2. The quantitative estimate of drug-likeness (QED) is 0.613. The van der Waals surface area contributed by atoms with E-state index >= 15 is 0 Å². The number of carbonyl (C=O) groups excluding carboxylic acids is 1. The van der Waals surface area contributed by atoms with Crippen LogP contribution in [0.15, 0.2) is 48.5 Å². The number of benzene rings is 2. The van der Waals surface area contributed by atoms with Gasteiger partial charge < -0.3 is 20.1 Å². The number of nitrogens with zero attached hydrogens (tertiary/aromatic N) is 2. The molecule has 0 fully saturated rings. The van der Waals surface area contributed by atoms with Gasteiger partial charge in [-0.25, -0.2) is 4.98 Å². The zero-order chi connectivity index (χ0) is 21.1. The first-order chi connectivity index (χ1) is 14.6. The summed E-state index contributed by atoms with van der Waals surface area (Å²) in [6, 6.07) is 15.0. The number of methoxy groups -OCH3 is 2. The Morgan fingerprint density at radius 3 is 2.43 bits per heavy atom. The number of nitrogens with one attached hydrogen (secondary N) is 2. The summed E-state index contributed by atoms with van der Waals surface area (Å²) in [7, 11) is 3.24. The molecule has 7 nitrogen and oxygen atoms in total. The lowest BCUT2D eigenvalue weighted by Crippen LogP contribution is -2.22. The highest BCUT2D eigenvalue weighted by Crippen LogP contribution is 2.33. The highest BCUT2D eigenvalue weighted by atomic mass is 16.5. The largest absolute Gasteiger partial charge is 0.497 e. The molecule has 1 atom stereocenters. The highest BCUT2D eigenvalue weighted by Gasteiger charge is 2.28. The fraction of sp³-hybridized carbons (Fsp3) is 0.261. The first-order valence-corrected chi connectivity index (χ1v) is 9.82. The van der Waals surface area contributed by atoms with E-state index in [9.17, 15) is 4.79 Å². The molecule has 0 spiro atoms. The van der Waals surface area contributed by atoms with Crippen molar-refractivity contribution in [3.63, 3.8) is 0 Å². The molecule has 1 unspecified atom stereocenters. The number of carbonyl (C=O) groups is 1. The van der Waals surface area contributed by atoms with Crippen LogP contribution in [0, 0.1) is 5.92 Å². The van der Waals surface area contributed by atoms with Crippen molar-refractivity contribution in [2.75, 3.05) is 24.9 Å². The van der Waals surface area contributed by atoms with E-state index in [1.165, 1.54) is 0 Å². The van der Waals surface area contributed by atoms with E-state index in [-0.39, 0.29) is 11.7 Å². The van der Waals surface area contributed by atoms with Gasteiger partial charge in [0.1, 0.15) is 17.3 Å². The molecule has 30 heavy (non-hydrogen) atoms. The maximum Gasteiger partial charge on any atom is 0.229 e. The molecule has 0 saturated carbocycles. The molecule has 0 amide bonds. The lowest BCUT2D eigenvalue weighted by molar-refractivity contribution is 0.0952. The van der Waals surface area contributed by atoms with Gasteiger partial charge in [-0.1, -0.05) is 19.1 Å². The summed E-state index contributed by atoms with van der Waals surface area (Å²) in [6.07, 6.45) is 1.22. The number of fused-ring (bicyclic) bond motifs is 1. The van der Waals surface area contributed by atoms with E-state index in [4.69, 9.17) is 9.47 Å². The second-order valence-corrected chi connectivity index (χ2v) is 7.33. The van der Waals surface area contributed by atoms with Crippen LogP contribution in [-0.4, -0.2) is 30.0 Å². The molecule has 1 aromatic heterocycles. The van der Waals surface area contributed by atoms with Crippen molar-refractivity contribution in [2.24, 2.45) is 5.92 Å². The Labute approximate surface area is 175 Å². The SMILES string of the molecule is COc1ccc(Nc2nc(Nc3ccccc3OC)nc3c2C(=O)CC(C)C3)cc1. The van der Waals surface area contributed by atoms with E-state index in [0.717, 1.165) is 29.2 Å².